The molecule has 0 saturated heterocycles. The van der Waals surface area contributed by atoms with Crippen molar-refractivity contribution in [1.82, 2.24) is 10.2 Å². The number of hydrogen-bond acceptors (Lipinski definition) is 3. The summed E-state index contributed by atoms with van der Waals surface area (Å²) in [6, 6.07) is 2.65. The number of rotatable bonds is 6. The molecule has 1 rings (SSSR count). The summed E-state index contributed by atoms with van der Waals surface area (Å²) in [5.74, 6) is 2.58. The van der Waals surface area contributed by atoms with Gasteiger partial charge in [-0.05, 0) is 36.0 Å². The topological polar surface area (TPSA) is 15.3 Å². The third kappa shape index (κ3) is 4.67. The van der Waals surface area contributed by atoms with E-state index in [1.54, 1.807) is 11.3 Å². The second-order valence-electron chi connectivity index (χ2n) is 3.83. The van der Waals surface area contributed by atoms with Crippen molar-refractivity contribution in [3.8, 4) is 12.3 Å². The van der Waals surface area contributed by atoms with Gasteiger partial charge < -0.3 is 5.32 Å². The van der Waals surface area contributed by atoms with Crippen molar-refractivity contribution in [3.63, 3.8) is 0 Å². The van der Waals surface area contributed by atoms with E-state index in [-0.39, 0.29) is 0 Å². The van der Waals surface area contributed by atoms with Crippen molar-refractivity contribution >= 4 is 27.3 Å². The van der Waals surface area contributed by atoms with Gasteiger partial charge in [0.15, 0.2) is 0 Å². The maximum atomic E-state index is 5.19. The van der Waals surface area contributed by atoms with Gasteiger partial charge in [0.2, 0.25) is 0 Å². The van der Waals surface area contributed by atoms with E-state index in [2.05, 4.69) is 57.5 Å². The number of thiophene rings is 1. The monoisotopic (exact) mass is 300 g/mol. The molecule has 0 saturated carbocycles. The molecule has 0 spiro atoms. The summed E-state index contributed by atoms with van der Waals surface area (Å²) in [5.41, 5.74) is 0. The smallest absolute Gasteiger partial charge is 0.0574 e. The average molecular weight is 301 g/mol. The van der Waals surface area contributed by atoms with Crippen LogP contribution in [-0.4, -0.2) is 31.1 Å². The number of nitrogens with zero attached hydrogens (tertiary/aromatic N) is 1. The van der Waals surface area contributed by atoms with Crippen LogP contribution in [0.15, 0.2) is 15.9 Å². The largest absolute Gasteiger partial charge is 0.305 e. The zero-order valence-corrected chi connectivity index (χ0v) is 12.1. The molecule has 0 radical (unpaired) electrons. The van der Waals surface area contributed by atoms with Crippen LogP contribution in [0.3, 0.4) is 0 Å². The van der Waals surface area contributed by atoms with Crippen molar-refractivity contribution in [2.75, 3.05) is 20.1 Å². The van der Waals surface area contributed by atoms with Gasteiger partial charge in [-0.15, -0.1) is 17.8 Å². The number of halogens is 1. The fraction of sp³-hybridized carbons (Fsp3) is 0.500. The number of terminal acetylenes is 1. The Labute approximate surface area is 110 Å². The molecule has 1 aromatic heterocycles. The van der Waals surface area contributed by atoms with E-state index < -0.39 is 0 Å². The van der Waals surface area contributed by atoms with Crippen LogP contribution in [-0.2, 0) is 6.54 Å². The summed E-state index contributed by atoms with van der Waals surface area (Å²) in [5, 5.41) is 5.34. The van der Waals surface area contributed by atoms with Crippen molar-refractivity contribution in [2.45, 2.75) is 19.5 Å². The zero-order valence-electron chi connectivity index (χ0n) is 9.66. The molecule has 2 nitrogen and oxygen atoms in total. The van der Waals surface area contributed by atoms with Crippen LogP contribution in [0.25, 0.3) is 0 Å². The summed E-state index contributed by atoms with van der Waals surface area (Å²) in [6.07, 6.45) is 5.19. The average Bonchev–Trinajstić information content (AvgIpc) is 2.64. The normalized spacial score (nSPS) is 12.7. The van der Waals surface area contributed by atoms with Crippen LogP contribution >= 0.6 is 27.3 Å². The zero-order chi connectivity index (χ0) is 12.0. The van der Waals surface area contributed by atoms with Gasteiger partial charge in [0.1, 0.15) is 0 Å². The molecule has 0 fully saturated rings. The minimum atomic E-state index is 0.481. The van der Waals surface area contributed by atoms with Gasteiger partial charge in [-0.2, -0.15) is 0 Å². The Bertz CT molecular complexity index is 356. The Morgan fingerprint density at radius 2 is 2.44 bits per heavy atom. The first kappa shape index (κ1) is 13.7. The second kappa shape index (κ2) is 7.08. The third-order valence-corrected chi connectivity index (χ3v) is 4.13. The molecule has 0 aliphatic heterocycles. The van der Waals surface area contributed by atoms with Gasteiger partial charge in [-0.3, -0.25) is 4.90 Å². The van der Waals surface area contributed by atoms with E-state index in [0.717, 1.165) is 13.1 Å². The van der Waals surface area contributed by atoms with E-state index in [0.29, 0.717) is 12.6 Å². The molecule has 88 valence electrons. The van der Waals surface area contributed by atoms with Gasteiger partial charge in [0.05, 0.1) is 6.54 Å². The van der Waals surface area contributed by atoms with Gasteiger partial charge >= 0.3 is 0 Å². The second-order valence-corrected chi connectivity index (χ2v) is 5.74. The van der Waals surface area contributed by atoms with Crippen molar-refractivity contribution in [3.05, 3.63) is 20.8 Å². The van der Waals surface area contributed by atoms with Crippen molar-refractivity contribution in [1.29, 1.82) is 0 Å². The molecule has 0 aliphatic rings. The van der Waals surface area contributed by atoms with Gasteiger partial charge in [0.25, 0.3) is 0 Å². The van der Waals surface area contributed by atoms with E-state index in [1.807, 2.05) is 0 Å². The molecule has 4 heteroatoms. The lowest BCUT2D eigenvalue weighted by atomic mass is 10.3. The van der Waals surface area contributed by atoms with Gasteiger partial charge in [0, 0.05) is 33.9 Å². The highest BCUT2D eigenvalue weighted by atomic mass is 79.9. The van der Waals surface area contributed by atoms with Crippen LogP contribution in [0, 0.1) is 12.3 Å². The number of hydrogen-bond donors (Lipinski definition) is 1. The van der Waals surface area contributed by atoms with Crippen LogP contribution < -0.4 is 5.32 Å². The van der Waals surface area contributed by atoms with E-state index in [9.17, 15) is 0 Å². The Balaban J connectivity index is 2.34. The minimum absolute atomic E-state index is 0.481. The first-order valence-corrected chi connectivity index (χ1v) is 6.88. The molecule has 1 N–H and O–H groups in total. The molecule has 1 aromatic rings. The van der Waals surface area contributed by atoms with Crippen LogP contribution in [0.5, 0.6) is 0 Å². The Kier molecular flexibility index (Phi) is 6.07. The lowest BCUT2D eigenvalue weighted by molar-refractivity contribution is 0.247. The predicted molar refractivity (Wildman–Crippen MR) is 74.7 cm³/mol. The highest BCUT2D eigenvalue weighted by Gasteiger charge is 2.09. The first-order valence-electron chi connectivity index (χ1n) is 5.20. The molecule has 1 heterocycles. The molecule has 0 amide bonds. The number of likely N-dealkylation sites (N-methyl/N-ethyl adjacent to an activating group) is 1. The van der Waals surface area contributed by atoms with Crippen LogP contribution in [0.1, 0.15) is 11.8 Å². The Hall–Kier alpha value is -0.340. The lowest BCUT2D eigenvalue weighted by Gasteiger charge is -2.24. The Morgan fingerprint density at radius 3 is 3.00 bits per heavy atom. The standard InChI is InChI=1S/C12H17BrN2S/c1-4-5-14-7-10(2)15(3)8-12-6-11(13)9-16-12/h1,6,9-10,14H,5,7-8H2,2-3H3. The van der Waals surface area contributed by atoms with Gasteiger partial charge in [-0.1, -0.05) is 5.92 Å². The maximum absolute atomic E-state index is 5.19. The van der Waals surface area contributed by atoms with E-state index in [1.165, 1.54) is 9.35 Å². The molecule has 16 heavy (non-hydrogen) atoms. The quantitative estimate of drug-likeness (QED) is 0.642. The SMILES string of the molecule is C#CCNCC(C)N(C)Cc1cc(Br)cs1. The maximum Gasteiger partial charge on any atom is 0.0574 e. The molecule has 0 aliphatic carbocycles. The van der Waals surface area contributed by atoms with Crippen LogP contribution in [0.2, 0.25) is 0 Å². The van der Waals surface area contributed by atoms with E-state index >= 15 is 0 Å². The summed E-state index contributed by atoms with van der Waals surface area (Å²) in [7, 11) is 2.13. The lowest BCUT2D eigenvalue weighted by Crippen LogP contribution is -2.37. The minimum Gasteiger partial charge on any atom is -0.305 e. The fourth-order valence-electron chi connectivity index (χ4n) is 1.35. The van der Waals surface area contributed by atoms with E-state index in [4.69, 9.17) is 6.42 Å². The summed E-state index contributed by atoms with van der Waals surface area (Å²) in [4.78, 5) is 3.69. The summed E-state index contributed by atoms with van der Waals surface area (Å²) >= 11 is 5.25. The first-order chi connectivity index (χ1) is 7.63. The highest BCUT2D eigenvalue weighted by molar-refractivity contribution is 9.10. The third-order valence-electron chi connectivity index (χ3n) is 2.45. The fourth-order valence-corrected chi connectivity index (χ4v) is 2.86. The number of nitrogens with one attached hydrogen (secondary N) is 1. The Morgan fingerprint density at radius 1 is 1.69 bits per heavy atom. The van der Waals surface area contributed by atoms with Crippen LogP contribution in [0.4, 0.5) is 0 Å². The van der Waals surface area contributed by atoms with Crippen molar-refractivity contribution in [2.24, 2.45) is 0 Å². The highest BCUT2D eigenvalue weighted by Crippen LogP contribution is 2.21. The summed E-state index contributed by atoms with van der Waals surface area (Å²) < 4.78 is 1.17. The molecule has 0 bridgehead atoms. The molecule has 1 unspecified atom stereocenters. The summed E-state index contributed by atoms with van der Waals surface area (Å²) in [6.45, 7) is 4.75. The molecule has 1 atom stereocenters. The molecular weight excluding hydrogens is 284 g/mol. The van der Waals surface area contributed by atoms with Crippen molar-refractivity contribution < 1.29 is 0 Å². The molecular formula is C12H17BrN2S. The van der Waals surface area contributed by atoms with Gasteiger partial charge in [-0.25, -0.2) is 0 Å². The predicted octanol–water partition coefficient (Wildman–Crippen LogP) is 2.55. The molecule has 0 aromatic carbocycles.